The molecule has 0 saturated carbocycles. The van der Waals surface area contributed by atoms with Crippen molar-refractivity contribution in [2.45, 2.75) is 5.75 Å². The maximum absolute atomic E-state index is 12.0. The minimum atomic E-state index is -3.92. The van der Waals surface area contributed by atoms with E-state index in [0.717, 1.165) is 0 Å². The first-order chi connectivity index (χ1) is 10.3. The van der Waals surface area contributed by atoms with Gasteiger partial charge in [-0.3, -0.25) is 10.1 Å². The number of nitrogens with zero attached hydrogens (tertiary/aromatic N) is 1. The second-order valence-corrected chi connectivity index (χ2v) is 6.67. The molecule has 22 heavy (non-hydrogen) atoms. The molecule has 0 bridgehead atoms. The van der Waals surface area contributed by atoms with Gasteiger partial charge in [0.05, 0.1) is 15.0 Å². The number of halogens is 2. The minimum Gasteiger partial charge on any atom is -0.382 e. The second kappa shape index (κ2) is 6.51. The molecule has 2 rings (SSSR count). The zero-order valence-electron chi connectivity index (χ0n) is 10.9. The number of hydrogen-bond acceptors (Lipinski definition) is 5. The van der Waals surface area contributed by atoms with Gasteiger partial charge in [0.1, 0.15) is 11.5 Å². The summed E-state index contributed by atoms with van der Waals surface area (Å²) in [6.07, 6.45) is 0. The van der Waals surface area contributed by atoms with Gasteiger partial charge in [-0.1, -0.05) is 35.3 Å². The van der Waals surface area contributed by atoms with Gasteiger partial charge in [0.25, 0.3) is 5.69 Å². The number of non-ortho nitro benzene ring substituents is 1. The smallest absolute Gasteiger partial charge is 0.313 e. The summed E-state index contributed by atoms with van der Waals surface area (Å²) in [4.78, 5) is 9.97. The average molecular weight is 362 g/mol. The molecule has 9 heteroatoms. The normalized spacial score (nSPS) is 11.2. The molecule has 0 aliphatic rings. The van der Waals surface area contributed by atoms with Crippen molar-refractivity contribution in [1.82, 2.24) is 0 Å². The highest BCUT2D eigenvalue weighted by Gasteiger charge is 2.16. The molecule has 0 amide bonds. The fourth-order valence-electron chi connectivity index (χ4n) is 1.62. The van der Waals surface area contributed by atoms with Crippen LogP contribution in [0.2, 0.25) is 10.0 Å². The molecule has 2 aromatic carbocycles. The second-order valence-electron chi connectivity index (χ2n) is 4.28. The van der Waals surface area contributed by atoms with Gasteiger partial charge in [-0.25, -0.2) is 0 Å². The van der Waals surface area contributed by atoms with Gasteiger partial charge in [0.2, 0.25) is 0 Å². The first-order valence-corrected chi connectivity index (χ1v) is 8.21. The molecular formula is C13H9Cl2NO5S. The summed E-state index contributed by atoms with van der Waals surface area (Å²) in [7, 11) is -3.92. The molecule has 0 aromatic heterocycles. The summed E-state index contributed by atoms with van der Waals surface area (Å²) in [5.41, 5.74) is 0.247. The van der Waals surface area contributed by atoms with E-state index in [1.54, 1.807) is 0 Å². The van der Waals surface area contributed by atoms with Crippen molar-refractivity contribution in [3.05, 3.63) is 68.2 Å². The number of benzene rings is 2. The summed E-state index contributed by atoms with van der Waals surface area (Å²) in [6.45, 7) is 0. The maximum atomic E-state index is 12.0. The topological polar surface area (TPSA) is 86.5 Å². The molecule has 0 unspecified atom stereocenters. The Bertz CT molecular complexity index is 806. The Morgan fingerprint density at radius 3 is 2.23 bits per heavy atom. The first kappa shape index (κ1) is 16.5. The molecule has 0 aliphatic heterocycles. The van der Waals surface area contributed by atoms with Gasteiger partial charge in [0.15, 0.2) is 0 Å². The highest BCUT2D eigenvalue weighted by Crippen LogP contribution is 2.27. The molecule has 0 radical (unpaired) electrons. The fourth-order valence-corrected chi connectivity index (χ4v) is 2.97. The van der Waals surface area contributed by atoms with Crippen LogP contribution in [0.4, 0.5) is 5.69 Å². The monoisotopic (exact) mass is 361 g/mol. The van der Waals surface area contributed by atoms with Crippen LogP contribution in [0, 0.1) is 10.1 Å². The van der Waals surface area contributed by atoms with Crippen LogP contribution in [0.5, 0.6) is 5.75 Å². The number of rotatable bonds is 5. The summed E-state index contributed by atoms with van der Waals surface area (Å²) in [5.74, 6) is -0.387. The molecule has 0 fully saturated rings. The van der Waals surface area contributed by atoms with Crippen molar-refractivity contribution in [2.24, 2.45) is 0 Å². The van der Waals surface area contributed by atoms with Crippen LogP contribution < -0.4 is 4.18 Å². The third kappa shape index (κ3) is 4.33. The van der Waals surface area contributed by atoms with Crippen molar-refractivity contribution >= 4 is 39.0 Å². The quantitative estimate of drug-likeness (QED) is 0.459. The van der Waals surface area contributed by atoms with Crippen molar-refractivity contribution in [2.75, 3.05) is 0 Å². The van der Waals surface area contributed by atoms with E-state index in [0.29, 0.717) is 5.56 Å². The predicted molar refractivity (Wildman–Crippen MR) is 82.8 cm³/mol. The predicted octanol–water partition coefficient (Wildman–Crippen LogP) is 3.81. The van der Waals surface area contributed by atoms with Gasteiger partial charge in [-0.15, -0.1) is 0 Å². The molecule has 0 saturated heterocycles. The summed E-state index contributed by atoms with van der Waals surface area (Å²) < 4.78 is 28.8. The summed E-state index contributed by atoms with van der Waals surface area (Å²) in [6, 6.07) is 9.25. The Kier molecular flexibility index (Phi) is 4.90. The molecule has 0 N–H and O–H groups in total. The van der Waals surface area contributed by atoms with E-state index < -0.39 is 20.8 Å². The highest BCUT2D eigenvalue weighted by molar-refractivity contribution is 7.86. The molecule has 6 nitrogen and oxygen atoms in total. The van der Waals surface area contributed by atoms with Crippen molar-refractivity contribution in [1.29, 1.82) is 0 Å². The molecule has 0 aliphatic carbocycles. The van der Waals surface area contributed by atoms with Gasteiger partial charge in [0, 0.05) is 18.2 Å². The van der Waals surface area contributed by atoms with E-state index in [9.17, 15) is 18.5 Å². The van der Waals surface area contributed by atoms with Crippen LogP contribution in [0.3, 0.4) is 0 Å². The van der Waals surface area contributed by atoms with Crippen molar-refractivity contribution in [3.8, 4) is 5.75 Å². The van der Waals surface area contributed by atoms with E-state index in [1.807, 2.05) is 0 Å². The number of hydrogen-bond donors (Lipinski definition) is 0. The average Bonchev–Trinajstić information content (AvgIpc) is 2.42. The van der Waals surface area contributed by atoms with Crippen LogP contribution >= 0.6 is 23.2 Å². The minimum absolute atomic E-state index is 0.0383. The lowest BCUT2D eigenvalue weighted by molar-refractivity contribution is -0.384. The van der Waals surface area contributed by atoms with Crippen LogP contribution in [-0.4, -0.2) is 13.3 Å². The lowest BCUT2D eigenvalue weighted by Gasteiger charge is -2.08. The van der Waals surface area contributed by atoms with Crippen LogP contribution in [0.15, 0.2) is 42.5 Å². The lowest BCUT2D eigenvalue weighted by Crippen LogP contribution is -2.12. The van der Waals surface area contributed by atoms with E-state index in [4.69, 9.17) is 27.4 Å². The molecular weight excluding hydrogens is 353 g/mol. The van der Waals surface area contributed by atoms with Gasteiger partial charge in [-0.2, -0.15) is 8.42 Å². The van der Waals surface area contributed by atoms with E-state index >= 15 is 0 Å². The van der Waals surface area contributed by atoms with Crippen LogP contribution in [-0.2, 0) is 15.9 Å². The molecule has 2 aromatic rings. The fraction of sp³-hybridized carbons (Fsp3) is 0.0769. The molecule has 0 spiro atoms. The van der Waals surface area contributed by atoms with Crippen LogP contribution in [0.25, 0.3) is 0 Å². The Balaban J connectivity index is 2.13. The molecule has 116 valence electrons. The standard InChI is InChI=1S/C13H9Cl2NO5S/c14-12-6-5-11(7-13(12)15)21-22(19,20)8-9-1-3-10(4-2-9)16(17)18/h1-7H,8H2. The van der Waals surface area contributed by atoms with Crippen LogP contribution in [0.1, 0.15) is 5.56 Å². The number of nitro benzene ring substituents is 1. The van der Waals surface area contributed by atoms with Crippen molar-refractivity contribution in [3.63, 3.8) is 0 Å². The van der Waals surface area contributed by atoms with Crippen molar-refractivity contribution < 1.29 is 17.5 Å². The lowest BCUT2D eigenvalue weighted by atomic mass is 10.2. The summed E-state index contributed by atoms with van der Waals surface area (Å²) >= 11 is 11.5. The Labute approximate surface area is 136 Å². The highest BCUT2D eigenvalue weighted by atomic mass is 35.5. The van der Waals surface area contributed by atoms with Gasteiger partial charge in [-0.05, 0) is 17.7 Å². The third-order valence-corrected chi connectivity index (χ3v) is 4.48. The SMILES string of the molecule is O=[N+]([O-])c1ccc(CS(=O)(=O)Oc2ccc(Cl)c(Cl)c2)cc1. The zero-order chi connectivity index (χ0) is 16.3. The first-order valence-electron chi connectivity index (χ1n) is 5.87. The number of nitro groups is 1. The molecule has 0 heterocycles. The van der Waals surface area contributed by atoms with Gasteiger partial charge >= 0.3 is 10.1 Å². The largest absolute Gasteiger partial charge is 0.382 e. The zero-order valence-corrected chi connectivity index (χ0v) is 13.2. The van der Waals surface area contributed by atoms with E-state index in [2.05, 4.69) is 0 Å². The third-order valence-electron chi connectivity index (χ3n) is 2.60. The molecule has 0 atom stereocenters. The van der Waals surface area contributed by atoms with E-state index in [-0.39, 0.29) is 21.5 Å². The Hall–Kier alpha value is -1.83. The maximum Gasteiger partial charge on any atom is 0.313 e. The Morgan fingerprint density at radius 2 is 1.68 bits per heavy atom. The van der Waals surface area contributed by atoms with Gasteiger partial charge < -0.3 is 4.18 Å². The van der Waals surface area contributed by atoms with E-state index in [1.165, 1.54) is 42.5 Å². The summed E-state index contributed by atoms with van der Waals surface area (Å²) in [5, 5.41) is 11.0. The Morgan fingerprint density at radius 1 is 1.05 bits per heavy atom.